The highest BCUT2D eigenvalue weighted by atomic mass is 32.2. The molecule has 0 heterocycles. The first kappa shape index (κ1) is 13.9. The number of hydrogen-bond acceptors (Lipinski definition) is 3. The molecule has 0 fully saturated rings. The summed E-state index contributed by atoms with van der Waals surface area (Å²) in [5.41, 5.74) is 0.576. The first-order valence-corrected chi connectivity index (χ1v) is 6.71. The molecule has 0 bridgehead atoms. The normalized spacial score (nSPS) is 12.2. The van der Waals surface area contributed by atoms with E-state index in [0.717, 1.165) is 10.6 Å². The second kappa shape index (κ2) is 6.08. The minimum Gasteiger partial charge on any atom is -0.497 e. The van der Waals surface area contributed by atoms with Crippen LogP contribution in [0.3, 0.4) is 0 Å². The standard InChI is InChI=1S/C15H15FO2S/c1-10(17)11-6-7-15(14(16)8-11)19-13-5-3-4-12(9-13)18-2/h3-10,17H,1-2H3/t10-/m0/s1. The van der Waals surface area contributed by atoms with Crippen molar-refractivity contribution in [2.75, 3.05) is 7.11 Å². The molecule has 0 amide bonds. The summed E-state index contributed by atoms with van der Waals surface area (Å²) in [5, 5.41) is 9.41. The summed E-state index contributed by atoms with van der Waals surface area (Å²) in [6, 6.07) is 12.2. The molecule has 2 aromatic carbocycles. The summed E-state index contributed by atoms with van der Waals surface area (Å²) in [6.45, 7) is 1.61. The van der Waals surface area contributed by atoms with E-state index in [2.05, 4.69) is 0 Å². The molecule has 0 aliphatic heterocycles. The van der Waals surface area contributed by atoms with Gasteiger partial charge in [0.1, 0.15) is 11.6 Å². The van der Waals surface area contributed by atoms with Gasteiger partial charge in [0.05, 0.1) is 13.2 Å². The largest absolute Gasteiger partial charge is 0.497 e. The molecule has 2 rings (SSSR count). The van der Waals surface area contributed by atoms with Crippen molar-refractivity contribution >= 4 is 11.8 Å². The SMILES string of the molecule is COc1cccc(Sc2ccc([C@H](C)O)cc2F)c1. The minimum atomic E-state index is -0.662. The number of ether oxygens (including phenoxy) is 1. The van der Waals surface area contributed by atoms with Gasteiger partial charge in [-0.3, -0.25) is 0 Å². The summed E-state index contributed by atoms with van der Waals surface area (Å²) < 4.78 is 19.0. The monoisotopic (exact) mass is 278 g/mol. The van der Waals surface area contributed by atoms with Crippen molar-refractivity contribution in [3.8, 4) is 5.75 Å². The molecule has 0 unspecified atom stereocenters. The van der Waals surface area contributed by atoms with Crippen LogP contribution in [0.1, 0.15) is 18.6 Å². The van der Waals surface area contributed by atoms with Gasteiger partial charge in [0.15, 0.2) is 0 Å². The first-order valence-electron chi connectivity index (χ1n) is 5.89. The van der Waals surface area contributed by atoms with Crippen molar-refractivity contribution in [1.29, 1.82) is 0 Å². The third kappa shape index (κ3) is 3.49. The lowest BCUT2D eigenvalue weighted by atomic mass is 10.1. The number of rotatable bonds is 4. The summed E-state index contributed by atoms with van der Waals surface area (Å²) in [4.78, 5) is 1.43. The average Bonchev–Trinajstić information content (AvgIpc) is 2.41. The van der Waals surface area contributed by atoms with E-state index in [4.69, 9.17) is 4.74 Å². The maximum atomic E-state index is 13.9. The first-order chi connectivity index (χ1) is 9.10. The Bertz CT molecular complexity index is 570. The third-order valence-corrected chi connectivity index (χ3v) is 3.75. The summed E-state index contributed by atoms with van der Waals surface area (Å²) in [7, 11) is 1.60. The molecule has 0 radical (unpaired) electrons. The highest BCUT2D eigenvalue weighted by molar-refractivity contribution is 7.99. The van der Waals surface area contributed by atoms with Gasteiger partial charge in [-0.05, 0) is 42.8 Å². The van der Waals surface area contributed by atoms with Crippen molar-refractivity contribution < 1.29 is 14.2 Å². The van der Waals surface area contributed by atoms with E-state index in [9.17, 15) is 9.50 Å². The van der Waals surface area contributed by atoms with Crippen molar-refractivity contribution in [3.63, 3.8) is 0 Å². The molecule has 19 heavy (non-hydrogen) atoms. The van der Waals surface area contributed by atoms with E-state index in [0.29, 0.717) is 10.5 Å². The molecule has 100 valence electrons. The topological polar surface area (TPSA) is 29.5 Å². The van der Waals surface area contributed by atoms with E-state index in [1.807, 2.05) is 24.3 Å². The van der Waals surface area contributed by atoms with Gasteiger partial charge in [0.25, 0.3) is 0 Å². The van der Waals surface area contributed by atoms with Gasteiger partial charge in [0.2, 0.25) is 0 Å². The van der Waals surface area contributed by atoms with Crippen LogP contribution in [0, 0.1) is 5.82 Å². The minimum absolute atomic E-state index is 0.328. The molecule has 2 nitrogen and oxygen atoms in total. The summed E-state index contributed by atoms with van der Waals surface area (Å²) in [5.74, 6) is 0.414. The Kier molecular flexibility index (Phi) is 4.45. The lowest BCUT2D eigenvalue weighted by molar-refractivity contribution is 0.198. The van der Waals surface area contributed by atoms with Gasteiger partial charge < -0.3 is 9.84 Å². The zero-order valence-corrected chi connectivity index (χ0v) is 11.6. The van der Waals surface area contributed by atoms with Crippen LogP contribution in [0.15, 0.2) is 52.3 Å². The Hall–Kier alpha value is -1.52. The Balaban J connectivity index is 2.23. The van der Waals surface area contributed by atoms with Gasteiger partial charge in [-0.2, -0.15) is 0 Å². The third-order valence-electron chi connectivity index (χ3n) is 2.71. The highest BCUT2D eigenvalue weighted by Gasteiger charge is 2.08. The lowest BCUT2D eigenvalue weighted by Gasteiger charge is -2.08. The predicted molar refractivity (Wildman–Crippen MR) is 74.2 cm³/mol. The van der Waals surface area contributed by atoms with Crippen LogP contribution in [0.25, 0.3) is 0 Å². The number of aliphatic hydroxyl groups is 1. The molecule has 1 N–H and O–H groups in total. The van der Waals surface area contributed by atoms with Gasteiger partial charge in [-0.25, -0.2) is 4.39 Å². The number of aliphatic hydroxyl groups excluding tert-OH is 1. The van der Waals surface area contributed by atoms with E-state index in [1.165, 1.54) is 17.8 Å². The highest BCUT2D eigenvalue weighted by Crippen LogP contribution is 2.32. The van der Waals surface area contributed by atoms with Crippen LogP contribution < -0.4 is 4.74 Å². The fourth-order valence-electron chi connectivity index (χ4n) is 1.65. The van der Waals surface area contributed by atoms with Crippen molar-refractivity contribution in [2.45, 2.75) is 22.8 Å². The molecule has 0 saturated carbocycles. The molecule has 0 saturated heterocycles. The Labute approximate surface area is 116 Å². The quantitative estimate of drug-likeness (QED) is 0.915. The fourth-order valence-corrected chi connectivity index (χ4v) is 2.52. The van der Waals surface area contributed by atoms with E-state index in [-0.39, 0.29) is 5.82 Å². The van der Waals surface area contributed by atoms with Gasteiger partial charge in [0, 0.05) is 9.79 Å². The van der Waals surface area contributed by atoms with Crippen LogP contribution in [0.2, 0.25) is 0 Å². The van der Waals surface area contributed by atoms with E-state index < -0.39 is 6.10 Å². The molecule has 0 aliphatic carbocycles. The van der Waals surface area contributed by atoms with Crippen LogP contribution in [-0.2, 0) is 0 Å². The van der Waals surface area contributed by atoms with Crippen molar-refractivity contribution in [2.24, 2.45) is 0 Å². The van der Waals surface area contributed by atoms with E-state index in [1.54, 1.807) is 26.2 Å². The molecular weight excluding hydrogens is 263 g/mol. The second-order valence-corrected chi connectivity index (χ2v) is 5.26. The smallest absolute Gasteiger partial charge is 0.137 e. The van der Waals surface area contributed by atoms with Crippen LogP contribution in [0.4, 0.5) is 4.39 Å². The van der Waals surface area contributed by atoms with Gasteiger partial charge in [-0.1, -0.05) is 23.9 Å². The summed E-state index contributed by atoms with van der Waals surface area (Å²) >= 11 is 1.33. The fraction of sp³-hybridized carbons (Fsp3) is 0.200. The average molecular weight is 278 g/mol. The zero-order chi connectivity index (χ0) is 13.8. The van der Waals surface area contributed by atoms with Gasteiger partial charge >= 0.3 is 0 Å². The predicted octanol–water partition coefficient (Wildman–Crippen LogP) is 4.04. The summed E-state index contributed by atoms with van der Waals surface area (Å²) in [6.07, 6.45) is -0.662. The zero-order valence-electron chi connectivity index (χ0n) is 10.8. The van der Waals surface area contributed by atoms with Gasteiger partial charge in [-0.15, -0.1) is 0 Å². The Morgan fingerprint density at radius 1 is 1.21 bits per heavy atom. The van der Waals surface area contributed by atoms with Crippen LogP contribution >= 0.6 is 11.8 Å². The Morgan fingerprint density at radius 3 is 2.63 bits per heavy atom. The second-order valence-electron chi connectivity index (χ2n) is 4.15. The van der Waals surface area contributed by atoms with Crippen molar-refractivity contribution in [3.05, 3.63) is 53.8 Å². The molecule has 4 heteroatoms. The molecule has 1 atom stereocenters. The number of benzene rings is 2. The number of methoxy groups -OCH3 is 1. The van der Waals surface area contributed by atoms with Crippen molar-refractivity contribution in [1.82, 2.24) is 0 Å². The molecule has 0 aromatic heterocycles. The molecule has 0 spiro atoms. The van der Waals surface area contributed by atoms with Crippen LogP contribution in [-0.4, -0.2) is 12.2 Å². The number of halogens is 1. The Morgan fingerprint density at radius 2 is 2.00 bits per heavy atom. The van der Waals surface area contributed by atoms with Crippen LogP contribution in [0.5, 0.6) is 5.75 Å². The maximum absolute atomic E-state index is 13.9. The maximum Gasteiger partial charge on any atom is 0.137 e. The molecular formula is C15H15FO2S. The van der Waals surface area contributed by atoms with E-state index >= 15 is 0 Å². The number of hydrogen-bond donors (Lipinski definition) is 1. The molecule has 0 aliphatic rings. The lowest BCUT2D eigenvalue weighted by Crippen LogP contribution is -1.93. The molecule has 2 aromatic rings.